The molecule has 4 nitrogen and oxygen atoms in total. The van der Waals surface area contributed by atoms with E-state index in [0.29, 0.717) is 6.61 Å². The molecule has 4 rings (SSSR count). The van der Waals surface area contributed by atoms with Crippen molar-refractivity contribution >= 4 is 10.8 Å². The van der Waals surface area contributed by atoms with Gasteiger partial charge >= 0.3 is 0 Å². The topological polar surface area (TPSA) is 33.7 Å². The summed E-state index contributed by atoms with van der Waals surface area (Å²) in [6.45, 7) is 5.55. The summed E-state index contributed by atoms with van der Waals surface area (Å²) in [6.07, 6.45) is 0. The van der Waals surface area contributed by atoms with Crippen molar-refractivity contribution in [2.45, 2.75) is 13.1 Å². The molecule has 0 saturated carbocycles. The maximum atomic E-state index is 5.75. The quantitative estimate of drug-likeness (QED) is 0.618. The summed E-state index contributed by atoms with van der Waals surface area (Å²) in [5.74, 6) is 1.72. The van der Waals surface area contributed by atoms with Crippen molar-refractivity contribution in [2.24, 2.45) is 0 Å². The Morgan fingerprint density at radius 1 is 0.852 bits per heavy atom. The molecule has 3 aromatic rings. The van der Waals surface area contributed by atoms with Gasteiger partial charge in [-0.2, -0.15) is 0 Å². The van der Waals surface area contributed by atoms with Crippen LogP contribution in [0.1, 0.15) is 11.1 Å². The third-order valence-electron chi connectivity index (χ3n) is 5.08. The second-order valence-corrected chi connectivity index (χ2v) is 6.92. The van der Waals surface area contributed by atoms with E-state index >= 15 is 0 Å². The summed E-state index contributed by atoms with van der Waals surface area (Å²) in [5, 5.41) is 6.30. The molecular weight excluding hydrogens is 336 g/mol. The Morgan fingerprint density at radius 2 is 1.52 bits per heavy atom. The van der Waals surface area contributed by atoms with E-state index in [-0.39, 0.29) is 0 Å². The van der Waals surface area contributed by atoms with Gasteiger partial charge in [0.15, 0.2) is 0 Å². The number of ether oxygens (including phenoxy) is 2. The molecule has 1 aliphatic rings. The van der Waals surface area contributed by atoms with Crippen LogP contribution in [0.4, 0.5) is 0 Å². The van der Waals surface area contributed by atoms with E-state index in [1.54, 1.807) is 7.11 Å². The van der Waals surface area contributed by atoms with Gasteiger partial charge in [0.1, 0.15) is 18.1 Å². The predicted octanol–water partition coefficient (Wildman–Crippen LogP) is 3.83. The number of rotatable bonds is 8. The lowest BCUT2D eigenvalue weighted by Gasteiger charge is -2.29. The second kappa shape index (κ2) is 8.42. The minimum atomic E-state index is 0.661. The molecule has 0 amide bonds. The number of methoxy groups -OCH3 is 1. The Morgan fingerprint density at radius 3 is 2.19 bits per heavy atom. The first-order valence-corrected chi connectivity index (χ1v) is 9.53. The van der Waals surface area contributed by atoms with E-state index < -0.39 is 0 Å². The minimum absolute atomic E-state index is 0.661. The smallest absolute Gasteiger partial charge is 0.119 e. The summed E-state index contributed by atoms with van der Waals surface area (Å²) < 4.78 is 10.9. The maximum absolute atomic E-state index is 5.75. The Balaban J connectivity index is 1.20. The summed E-state index contributed by atoms with van der Waals surface area (Å²) in [5.41, 5.74) is 2.88. The van der Waals surface area contributed by atoms with Crippen LogP contribution in [0.5, 0.6) is 11.5 Å². The lowest BCUT2D eigenvalue weighted by Crippen LogP contribution is -2.34. The van der Waals surface area contributed by atoms with Crippen LogP contribution in [0, 0.1) is 0 Å². The van der Waals surface area contributed by atoms with Crippen molar-refractivity contribution in [3.63, 3.8) is 0 Å². The zero-order chi connectivity index (χ0) is 18.5. The maximum Gasteiger partial charge on any atom is 0.119 e. The third kappa shape index (κ3) is 4.24. The first kappa shape index (κ1) is 17.8. The van der Waals surface area contributed by atoms with Crippen molar-refractivity contribution < 1.29 is 9.47 Å². The Bertz CT molecular complexity index is 852. The highest BCUT2D eigenvalue weighted by molar-refractivity contribution is 5.89. The second-order valence-electron chi connectivity index (χ2n) is 6.92. The van der Waals surface area contributed by atoms with E-state index in [1.807, 2.05) is 24.3 Å². The lowest BCUT2D eigenvalue weighted by atomic mass is 9.95. The molecule has 1 aliphatic heterocycles. The first-order chi connectivity index (χ1) is 13.3. The molecule has 0 fully saturated rings. The molecule has 0 aliphatic carbocycles. The van der Waals surface area contributed by atoms with Gasteiger partial charge in [0, 0.05) is 32.7 Å². The van der Waals surface area contributed by atoms with E-state index in [1.165, 1.54) is 21.9 Å². The molecule has 0 radical (unpaired) electrons. The first-order valence-electron chi connectivity index (χ1n) is 9.53. The van der Waals surface area contributed by atoms with Gasteiger partial charge in [0.25, 0.3) is 0 Å². The fourth-order valence-corrected chi connectivity index (χ4v) is 3.74. The van der Waals surface area contributed by atoms with Crippen molar-refractivity contribution in [3.8, 4) is 11.5 Å². The molecule has 27 heavy (non-hydrogen) atoms. The van der Waals surface area contributed by atoms with Gasteiger partial charge in [-0.3, -0.25) is 4.90 Å². The number of benzene rings is 3. The van der Waals surface area contributed by atoms with Crippen LogP contribution in [0.2, 0.25) is 0 Å². The van der Waals surface area contributed by atoms with Gasteiger partial charge in [0.2, 0.25) is 0 Å². The molecule has 0 saturated heterocycles. The van der Waals surface area contributed by atoms with Gasteiger partial charge in [-0.1, -0.05) is 36.4 Å². The van der Waals surface area contributed by atoms with Crippen molar-refractivity contribution in [3.05, 3.63) is 71.8 Å². The van der Waals surface area contributed by atoms with Gasteiger partial charge in [-0.25, -0.2) is 0 Å². The van der Waals surface area contributed by atoms with Crippen LogP contribution in [0.25, 0.3) is 10.8 Å². The number of hydrogen-bond donors (Lipinski definition) is 1. The van der Waals surface area contributed by atoms with Crippen molar-refractivity contribution in [2.75, 3.05) is 33.4 Å². The number of nitrogens with zero attached hydrogens (tertiary/aromatic N) is 1. The summed E-state index contributed by atoms with van der Waals surface area (Å²) in [4.78, 5) is 2.51. The number of nitrogens with one attached hydrogen (secondary N) is 1. The van der Waals surface area contributed by atoms with E-state index in [9.17, 15) is 0 Å². The Hall–Kier alpha value is -2.56. The average molecular weight is 362 g/mol. The molecule has 1 heterocycles. The highest BCUT2D eigenvalue weighted by atomic mass is 16.5. The highest BCUT2D eigenvalue weighted by Gasteiger charge is 2.17. The third-order valence-corrected chi connectivity index (χ3v) is 5.08. The van der Waals surface area contributed by atoms with Crippen LogP contribution >= 0.6 is 0 Å². The molecule has 0 bridgehead atoms. The molecule has 0 spiro atoms. The molecule has 1 N–H and O–H groups in total. The van der Waals surface area contributed by atoms with Gasteiger partial charge < -0.3 is 14.8 Å². The normalized spacial score (nSPS) is 13.7. The molecule has 0 atom stereocenters. The summed E-state index contributed by atoms with van der Waals surface area (Å²) in [6, 6.07) is 21.0. The van der Waals surface area contributed by atoms with E-state index in [0.717, 1.165) is 44.2 Å². The summed E-state index contributed by atoms with van der Waals surface area (Å²) in [7, 11) is 1.67. The van der Waals surface area contributed by atoms with Crippen LogP contribution in [0.15, 0.2) is 60.7 Å². The zero-order valence-electron chi connectivity index (χ0n) is 15.8. The standard InChI is InChI=1S/C23H26N2O2/c1-26-21-8-10-22(11-9-21)27-15-13-24-12-14-25-16-19-6-2-4-18-5-3-7-20(17-25)23(18)19/h2-11,24H,12-17H2,1H3. The van der Waals surface area contributed by atoms with Gasteiger partial charge in [0.05, 0.1) is 7.11 Å². The predicted molar refractivity (Wildman–Crippen MR) is 109 cm³/mol. The fourth-order valence-electron chi connectivity index (χ4n) is 3.74. The Labute approximate surface area is 160 Å². The highest BCUT2D eigenvalue weighted by Crippen LogP contribution is 2.29. The monoisotopic (exact) mass is 362 g/mol. The minimum Gasteiger partial charge on any atom is -0.497 e. The van der Waals surface area contributed by atoms with Crippen LogP contribution < -0.4 is 14.8 Å². The fraction of sp³-hybridized carbons (Fsp3) is 0.304. The van der Waals surface area contributed by atoms with E-state index in [4.69, 9.17) is 9.47 Å². The molecule has 140 valence electrons. The van der Waals surface area contributed by atoms with Gasteiger partial charge in [-0.05, 0) is 46.2 Å². The SMILES string of the molecule is COc1ccc(OCCNCCN2Cc3cccc4cccc(c34)C2)cc1. The summed E-state index contributed by atoms with van der Waals surface area (Å²) >= 11 is 0. The Kier molecular flexibility index (Phi) is 5.56. The number of hydrogen-bond acceptors (Lipinski definition) is 4. The largest absolute Gasteiger partial charge is 0.497 e. The molecule has 0 aromatic heterocycles. The van der Waals surface area contributed by atoms with Crippen LogP contribution in [-0.2, 0) is 13.1 Å². The average Bonchev–Trinajstić information content (AvgIpc) is 2.71. The van der Waals surface area contributed by atoms with Crippen molar-refractivity contribution in [1.82, 2.24) is 10.2 Å². The lowest BCUT2D eigenvalue weighted by molar-refractivity contribution is 0.247. The zero-order valence-corrected chi connectivity index (χ0v) is 15.8. The molecule has 3 aromatic carbocycles. The molecule has 0 unspecified atom stereocenters. The van der Waals surface area contributed by atoms with Crippen LogP contribution in [-0.4, -0.2) is 38.3 Å². The van der Waals surface area contributed by atoms with Crippen LogP contribution in [0.3, 0.4) is 0 Å². The molecule has 4 heteroatoms. The van der Waals surface area contributed by atoms with E-state index in [2.05, 4.69) is 46.6 Å². The molecular formula is C23H26N2O2. The van der Waals surface area contributed by atoms with Gasteiger partial charge in [-0.15, -0.1) is 0 Å². The van der Waals surface area contributed by atoms with Crippen molar-refractivity contribution in [1.29, 1.82) is 0 Å².